The molecule has 0 amide bonds. The third kappa shape index (κ3) is 45.6. The summed E-state index contributed by atoms with van der Waals surface area (Å²) in [4.78, 5) is 7.49. The number of hydrogen-bond acceptors (Lipinski definition) is 11. The Hall–Kier alpha value is -7.18. The van der Waals surface area contributed by atoms with Crippen LogP contribution >= 0.6 is 34.0 Å². The maximum Gasteiger partial charge on any atom is 0.134 e. The van der Waals surface area contributed by atoms with E-state index in [9.17, 15) is 0 Å². The van der Waals surface area contributed by atoms with Gasteiger partial charge in [-0.05, 0) is 340 Å². The van der Waals surface area contributed by atoms with Gasteiger partial charge in [0.25, 0.3) is 0 Å². The molecule has 1 saturated carbocycles. The fraction of sp³-hybridized carbons (Fsp3) is 0.655. The van der Waals surface area contributed by atoms with Crippen LogP contribution in [0.2, 0.25) is 0 Å². The highest BCUT2D eigenvalue weighted by atomic mass is 32.1. The Morgan fingerprint density at radius 3 is 1.02 bits per heavy atom. The zero-order valence-electron chi connectivity index (χ0n) is 106. The lowest BCUT2D eigenvalue weighted by Gasteiger charge is -2.33. The summed E-state index contributed by atoms with van der Waals surface area (Å²) in [7, 11) is 0. The maximum atomic E-state index is 5.88. The number of hydrogen-bond donors (Lipinski definition) is 0. The molecule has 1 aliphatic rings. The van der Waals surface area contributed by atoms with Crippen LogP contribution in [0, 0.1) is 159 Å². The molecule has 13 rings (SSSR count). The number of fused-ring (bicyclic) bond motifs is 1. The van der Waals surface area contributed by atoms with Gasteiger partial charge in [0.15, 0.2) is 0 Å². The number of benzene rings is 1. The molecular weight excluding hydrogens is 1890 g/mol. The zero-order valence-corrected chi connectivity index (χ0v) is 109. The fourth-order valence-corrected chi connectivity index (χ4v) is 27.6. The molecule has 150 heavy (non-hydrogen) atoms. The molecule has 8 nitrogen and oxygen atoms in total. The van der Waals surface area contributed by atoms with E-state index in [4.69, 9.17) is 35.3 Å². The smallest absolute Gasteiger partial charge is 0.134 e. The van der Waals surface area contributed by atoms with E-state index in [2.05, 4.69) is 468 Å². The van der Waals surface area contributed by atoms with E-state index in [1.54, 1.807) is 16.0 Å². The summed E-state index contributed by atoms with van der Waals surface area (Å²) in [5.41, 5.74) is 7.38. The Bertz CT molecular complexity index is 5270. The van der Waals surface area contributed by atoms with Crippen molar-refractivity contribution >= 4 is 45.0 Å². The van der Waals surface area contributed by atoms with Crippen LogP contribution in [0.3, 0.4) is 0 Å². The Labute approximate surface area is 934 Å². The van der Waals surface area contributed by atoms with Gasteiger partial charge in [-0.3, -0.25) is 0 Å². The lowest BCUT2D eigenvalue weighted by atomic mass is 9.73. The van der Waals surface area contributed by atoms with E-state index in [1.807, 2.05) is 91.8 Å². The monoisotopic (exact) mass is 2120 g/mol. The molecule has 0 bridgehead atoms. The molecule has 11 aromatic heterocycles. The van der Waals surface area contributed by atoms with Crippen molar-refractivity contribution in [3.63, 3.8) is 0 Å². The zero-order chi connectivity index (χ0) is 115. The predicted octanol–water partition coefficient (Wildman–Crippen LogP) is 48.0. The predicted molar refractivity (Wildman–Crippen MR) is 661 cm³/mol. The number of thiophene rings is 3. The molecule has 1 aliphatic carbocycles. The molecule has 12 aromatic rings. The van der Waals surface area contributed by atoms with Crippen molar-refractivity contribution in [3.05, 3.63) is 268 Å². The molecule has 8 atom stereocenters. The van der Waals surface area contributed by atoms with Gasteiger partial charge in [0, 0.05) is 89.0 Å². The van der Waals surface area contributed by atoms with Crippen molar-refractivity contribution < 1.29 is 35.3 Å². The summed E-state index contributed by atoms with van der Waals surface area (Å²) in [6.45, 7) is 122. The minimum Gasteiger partial charge on any atom is -0.469 e. The van der Waals surface area contributed by atoms with Gasteiger partial charge < -0.3 is 35.3 Å². The second kappa shape index (κ2) is 64.5. The average Bonchev–Trinajstić information content (AvgIpc) is 1.63. The molecule has 0 saturated heterocycles. The molecule has 0 unspecified atom stereocenters. The van der Waals surface area contributed by atoms with Crippen LogP contribution in [0.1, 0.15) is 544 Å². The average molecular weight is 2120 g/mol. The number of para-hydroxylation sites is 1. The Morgan fingerprint density at radius 1 is 0.293 bits per heavy atom. The molecule has 0 aliphatic heterocycles. The molecular formula is C139H226O8S3. The van der Waals surface area contributed by atoms with Crippen LogP contribution < -0.4 is 0 Å². The molecule has 0 N–H and O–H groups in total. The van der Waals surface area contributed by atoms with Crippen LogP contribution in [0.15, 0.2) is 193 Å². The van der Waals surface area contributed by atoms with Gasteiger partial charge in [0.2, 0.25) is 0 Å². The maximum absolute atomic E-state index is 5.88. The first-order valence-corrected chi connectivity index (χ1v) is 61.1. The van der Waals surface area contributed by atoms with E-state index in [1.165, 1.54) is 60.9 Å². The lowest BCUT2D eigenvalue weighted by Crippen LogP contribution is -2.22. The van der Waals surface area contributed by atoms with Crippen molar-refractivity contribution in [1.82, 2.24) is 0 Å². The summed E-state index contributed by atoms with van der Waals surface area (Å²) in [6, 6.07) is 45.1. The number of rotatable bonds is 31. The number of aryl methyl sites for hydroxylation is 7. The van der Waals surface area contributed by atoms with Crippen LogP contribution in [0.5, 0.6) is 0 Å². The normalized spacial score (nSPS) is 14.2. The van der Waals surface area contributed by atoms with Gasteiger partial charge >= 0.3 is 0 Å². The summed E-state index contributed by atoms with van der Waals surface area (Å²) < 4.78 is 45.4. The van der Waals surface area contributed by atoms with Crippen LogP contribution in [0.25, 0.3) is 11.0 Å². The minimum atomic E-state index is 0.250. The summed E-state index contributed by atoms with van der Waals surface area (Å²) >= 11 is 5.79. The highest BCUT2D eigenvalue weighted by Crippen LogP contribution is 2.50. The van der Waals surface area contributed by atoms with Crippen molar-refractivity contribution in [2.45, 2.75) is 483 Å². The van der Waals surface area contributed by atoms with E-state index in [0.29, 0.717) is 147 Å². The molecule has 11 heteroatoms. The van der Waals surface area contributed by atoms with E-state index >= 15 is 0 Å². The highest BCUT2D eigenvalue weighted by Gasteiger charge is 2.38. The standard InChI is InChI=1S/C15H26O.C14H18O.C14H24O.2C13H22O.C13H22S.C12H18O.2C12H20S.C11H18O.C10H16O/c1-10(2)12-8-13(16-9-12)14(11(3)4)15(5,6)7;1-4-12(10(2)3)14-9-11-7-5-6-8-13(11)15-14;1-9(2)12-7-13(15-8-12)14(10(3)4)11(5)6;1-9(2)12(13(4,5)6)11-8-7-10(3)14-11;1-8(2)13(9(3)4)12-7-10(5)11(6)14-12;1-9(2)12(13(4,5)6)11-8-7-10(3)14-11;1-8(2)12(10-5-6-10)11-7-4-9(3)13-11;1-9(2)11(12(3,4)5)10-7-6-8-13-10;1-8(2)12(9(3)4)11-7-6-10(5)13-11;1-5-10(8(2)3)11-6-9(4)7-12-11;1-4-9(8(2)3)10-6-5-7-11-10/h8-11,14H,1-7H3;5-10,12H,4H2,1-3H3;7-11,14H,1-6H3;7-9,12H,1-6H3;7-9,13H,1-6H3;7-9,12H,1-6H3;4,7-8,10,12H,5-6H2,1-3H3;6-9,11H,1-5H3;6-9,12H,1-5H3;6-8,10H,5H2,1-4H3;5-9H,4H2,1-3H3/t14-;12-;;12-;;2*12-;11-;;10-;9-/m00.0.010.00/s1. The molecule has 11 heterocycles. The third-order valence-corrected chi connectivity index (χ3v) is 33.2. The van der Waals surface area contributed by atoms with E-state index in [0.717, 1.165) is 112 Å². The van der Waals surface area contributed by atoms with Crippen LogP contribution in [-0.4, -0.2) is 0 Å². The third-order valence-electron chi connectivity index (χ3n) is 30.1. The number of furan rings is 8. The van der Waals surface area contributed by atoms with Crippen molar-refractivity contribution in [3.8, 4) is 0 Å². The van der Waals surface area contributed by atoms with Crippen molar-refractivity contribution in [1.29, 1.82) is 0 Å². The van der Waals surface area contributed by atoms with E-state index in [-0.39, 0.29) is 10.8 Å². The molecule has 0 spiro atoms. The Kier molecular flexibility index (Phi) is 58.9. The van der Waals surface area contributed by atoms with Crippen LogP contribution in [-0.2, 0) is 0 Å². The first kappa shape index (κ1) is 137. The first-order valence-electron chi connectivity index (χ1n) is 58.6. The summed E-state index contributed by atoms with van der Waals surface area (Å²) in [5.74, 6) is 30.2. The Balaban J connectivity index is 0.000000424. The summed E-state index contributed by atoms with van der Waals surface area (Å²) in [5, 5.41) is 3.39. The van der Waals surface area contributed by atoms with Gasteiger partial charge in [-0.1, -0.05) is 350 Å². The van der Waals surface area contributed by atoms with Gasteiger partial charge in [0.1, 0.15) is 68.9 Å². The first-order chi connectivity index (χ1) is 69.5. The second-order valence-corrected chi connectivity index (χ2v) is 57.2. The van der Waals surface area contributed by atoms with E-state index < -0.39 is 0 Å². The molecule has 0 radical (unpaired) electrons. The quantitative estimate of drug-likeness (QED) is 0.0423. The second-order valence-electron chi connectivity index (χ2n) is 53.6. The largest absolute Gasteiger partial charge is 0.469 e. The fourth-order valence-electron chi connectivity index (χ4n) is 23.6. The SMILES string of the molecule is CC(C)[C@@H](c1cccs1)C(C)(C)C.CC(C)c1coc(C(C(C)C)C(C)C)c1.CC(C)c1coc([C@H](C(C)C)C(C)(C)C)c1.CC[C@H](c1cc(C)co1)C(C)C.CC[C@H](c1cc2ccccc2o1)C(C)C.CC[C@H](c1ccco1)C(C)C.Cc1cc(C(C(C)C)C(C)C)oc1C.Cc1ccc(C(C(C)C)C(C)C)s1.Cc1ccc([C@H](C(C)C)C(C)(C)C)o1.Cc1ccc([C@H](C(C)C)C(C)(C)C)s1.Cc1ccc([C@H](C(C)C)C2CC2)o1. The summed E-state index contributed by atoms with van der Waals surface area (Å²) in [6.07, 6.45) is 13.7. The van der Waals surface area contributed by atoms with Gasteiger partial charge in [-0.25, -0.2) is 0 Å². The van der Waals surface area contributed by atoms with Gasteiger partial charge in [0.05, 0.1) is 25.1 Å². The molecule has 1 aromatic carbocycles. The molecule has 848 valence electrons. The van der Waals surface area contributed by atoms with Crippen LogP contribution in [0.4, 0.5) is 0 Å². The highest BCUT2D eigenvalue weighted by molar-refractivity contribution is 7.12. The topological polar surface area (TPSA) is 105 Å². The van der Waals surface area contributed by atoms with Crippen molar-refractivity contribution in [2.75, 3.05) is 0 Å². The van der Waals surface area contributed by atoms with Gasteiger partial charge in [-0.2, -0.15) is 0 Å². The van der Waals surface area contributed by atoms with Crippen molar-refractivity contribution in [2.24, 2.45) is 110 Å². The molecule has 1 fully saturated rings. The minimum absolute atomic E-state index is 0.250. The lowest BCUT2D eigenvalue weighted by molar-refractivity contribution is 0.222. The Morgan fingerprint density at radius 2 is 0.693 bits per heavy atom. The van der Waals surface area contributed by atoms with Gasteiger partial charge in [-0.15, -0.1) is 34.0 Å².